The van der Waals surface area contributed by atoms with Crippen molar-refractivity contribution in [2.24, 2.45) is 0 Å². The van der Waals surface area contributed by atoms with E-state index in [1.807, 2.05) is 12.1 Å². The number of hydrogen-bond acceptors (Lipinski definition) is 4. The van der Waals surface area contributed by atoms with Gasteiger partial charge in [0.2, 0.25) is 0 Å². The first-order valence-corrected chi connectivity index (χ1v) is 9.14. The second-order valence-electron chi connectivity index (χ2n) is 7.15. The molecule has 1 aromatic rings. The summed E-state index contributed by atoms with van der Waals surface area (Å²) in [6, 6.07) is 7.66. The van der Waals surface area contributed by atoms with Gasteiger partial charge in [0.1, 0.15) is 6.04 Å². The molecule has 2 heterocycles. The van der Waals surface area contributed by atoms with Crippen LogP contribution in [0.2, 0.25) is 0 Å². The van der Waals surface area contributed by atoms with Crippen molar-refractivity contribution in [1.82, 2.24) is 9.80 Å². The van der Waals surface area contributed by atoms with Crippen LogP contribution in [0.5, 0.6) is 0 Å². The summed E-state index contributed by atoms with van der Waals surface area (Å²) in [7, 11) is 0. The van der Waals surface area contributed by atoms with Gasteiger partial charge in [-0.25, -0.2) is 4.79 Å². The van der Waals surface area contributed by atoms with Crippen LogP contribution in [0.1, 0.15) is 42.9 Å². The second kappa shape index (κ2) is 6.77. The first-order valence-electron chi connectivity index (χ1n) is 9.14. The molecule has 6 heteroatoms. The van der Waals surface area contributed by atoms with E-state index in [9.17, 15) is 14.7 Å². The molecule has 3 unspecified atom stereocenters. The van der Waals surface area contributed by atoms with Crippen LogP contribution >= 0.6 is 0 Å². The van der Waals surface area contributed by atoms with Crippen molar-refractivity contribution in [2.75, 3.05) is 19.7 Å². The van der Waals surface area contributed by atoms with E-state index >= 15 is 0 Å². The highest BCUT2D eigenvalue weighted by Crippen LogP contribution is 2.32. The van der Waals surface area contributed by atoms with E-state index < -0.39 is 6.10 Å². The smallest absolute Gasteiger partial charge is 0.327 e. The Morgan fingerprint density at radius 1 is 1.20 bits per heavy atom. The molecule has 1 aromatic carbocycles. The molecule has 2 saturated heterocycles. The highest BCUT2D eigenvalue weighted by Gasteiger charge is 2.47. The quantitative estimate of drug-likeness (QED) is 0.828. The average molecular weight is 344 g/mol. The molecule has 1 aliphatic carbocycles. The van der Waals surface area contributed by atoms with Gasteiger partial charge in [-0.2, -0.15) is 0 Å². The zero-order valence-electron chi connectivity index (χ0n) is 14.3. The minimum absolute atomic E-state index is 0.0129. The largest absolute Gasteiger partial charge is 0.389 e. The van der Waals surface area contributed by atoms with Crippen LogP contribution in [0.3, 0.4) is 0 Å². The summed E-state index contributed by atoms with van der Waals surface area (Å²) in [5, 5.41) is 10.3. The van der Waals surface area contributed by atoms with Gasteiger partial charge in [0.25, 0.3) is 5.91 Å². The van der Waals surface area contributed by atoms with E-state index in [0.717, 1.165) is 32.1 Å². The molecule has 6 nitrogen and oxygen atoms in total. The number of benzene rings is 1. The van der Waals surface area contributed by atoms with Gasteiger partial charge in [-0.3, -0.25) is 9.69 Å². The topological polar surface area (TPSA) is 70.1 Å². The van der Waals surface area contributed by atoms with Gasteiger partial charge < -0.3 is 14.7 Å². The second-order valence-corrected chi connectivity index (χ2v) is 7.15. The molecular weight excluding hydrogens is 320 g/mol. The lowest BCUT2D eigenvalue weighted by Crippen LogP contribution is -2.40. The third-order valence-corrected chi connectivity index (χ3v) is 5.48. The first-order chi connectivity index (χ1) is 12.1. The van der Waals surface area contributed by atoms with Crippen LogP contribution < -0.4 is 0 Å². The third-order valence-electron chi connectivity index (χ3n) is 5.48. The molecule has 25 heavy (non-hydrogen) atoms. The number of amides is 3. The molecule has 0 bridgehead atoms. The molecule has 3 amide bonds. The average Bonchev–Trinajstić information content (AvgIpc) is 3.20. The Bertz CT molecular complexity index is 655. The molecule has 3 atom stereocenters. The summed E-state index contributed by atoms with van der Waals surface area (Å²) < 4.78 is 5.93. The van der Waals surface area contributed by atoms with E-state index in [1.165, 1.54) is 16.0 Å². The Balaban J connectivity index is 1.34. The van der Waals surface area contributed by atoms with Crippen molar-refractivity contribution in [2.45, 2.75) is 50.4 Å². The van der Waals surface area contributed by atoms with Gasteiger partial charge >= 0.3 is 6.03 Å². The predicted octanol–water partition coefficient (Wildman–Crippen LogP) is 1.87. The standard InChI is InChI=1S/C19H24N2O4/c22-14(11-21-18(23)16-8-4-10-20(16)19(21)24)12-25-17-9-3-6-13-5-1-2-7-15(13)17/h1-2,5,7,14,16-17,22H,3-4,6,8-12H2. The van der Waals surface area contributed by atoms with Gasteiger partial charge in [0.15, 0.2) is 0 Å². The molecular formula is C19H24N2O4. The van der Waals surface area contributed by atoms with E-state index in [0.29, 0.717) is 6.54 Å². The van der Waals surface area contributed by atoms with E-state index in [2.05, 4.69) is 12.1 Å². The van der Waals surface area contributed by atoms with Gasteiger partial charge in [-0.15, -0.1) is 0 Å². The number of fused-ring (bicyclic) bond motifs is 2. The van der Waals surface area contributed by atoms with Crippen LogP contribution in [0.15, 0.2) is 24.3 Å². The summed E-state index contributed by atoms with van der Waals surface area (Å²) >= 11 is 0. The number of ether oxygens (including phenoxy) is 1. The Labute approximate surface area is 147 Å². The molecule has 0 saturated carbocycles. The number of urea groups is 1. The van der Waals surface area contributed by atoms with Crippen LogP contribution in [0, 0.1) is 0 Å². The summed E-state index contributed by atoms with van der Waals surface area (Å²) in [5.74, 6) is -0.176. The predicted molar refractivity (Wildman–Crippen MR) is 90.9 cm³/mol. The Morgan fingerprint density at radius 2 is 2.04 bits per heavy atom. The molecule has 2 fully saturated rings. The number of β-amino-alcohol motifs (C(OH)–C–C–N with tert-alkyl or cyclic N) is 1. The Kier molecular flexibility index (Phi) is 4.48. The number of nitrogens with zero attached hydrogens (tertiary/aromatic N) is 2. The number of hydrogen-bond donors (Lipinski definition) is 1. The summed E-state index contributed by atoms with van der Waals surface area (Å²) in [6.45, 7) is 0.775. The molecule has 3 aliphatic rings. The van der Waals surface area contributed by atoms with Crippen LogP contribution in [-0.4, -0.2) is 58.7 Å². The molecule has 1 N–H and O–H groups in total. The molecule has 0 spiro atoms. The number of imide groups is 1. The number of rotatable bonds is 5. The molecule has 4 rings (SSSR count). The van der Waals surface area contributed by atoms with Crippen molar-refractivity contribution in [3.05, 3.63) is 35.4 Å². The van der Waals surface area contributed by atoms with Gasteiger partial charge in [-0.1, -0.05) is 24.3 Å². The van der Waals surface area contributed by atoms with Gasteiger partial charge in [0.05, 0.1) is 25.4 Å². The summed E-state index contributed by atoms with van der Waals surface area (Å²) in [4.78, 5) is 27.4. The maximum Gasteiger partial charge on any atom is 0.327 e. The zero-order valence-corrected chi connectivity index (χ0v) is 14.3. The number of aryl methyl sites for hydroxylation is 1. The fourth-order valence-corrected chi connectivity index (χ4v) is 4.22. The molecule has 0 aromatic heterocycles. The fraction of sp³-hybridized carbons (Fsp3) is 0.579. The lowest BCUT2D eigenvalue weighted by atomic mass is 9.89. The molecule has 0 radical (unpaired) electrons. The minimum Gasteiger partial charge on any atom is -0.389 e. The van der Waals surface area contributed by atoms with Gasteiger partial charge in [0, 0.05) is 6.54 Å². The fourth-order valence-electron chi connectivity index (χ4n) is 4.22. The SMILES string of the molecule is O=C1C2CCCN2C(=O)N1CC(O)COC1CCCc2ccccc21. The highest BCUT2D eigenvalue weighted by molar-refractivity contribution is 6.04. The summed E-state index contributed by atoms with van der Waals surface area (Å²) in [5.41, 5.74) is 2.49. The van der Waals surface area contributed by atoms with Crippen molar-refractivity contribution in [1.29, 1.82) is 0 Å². The summed E-state index contributed by atoms with van der Waals surface area (Å²) in [6.07, 6.45) is 3.79. The number of carbonyl (C=O) groups is 2. The normalized spacial score (nSPS) is 26.8. The number of aliphatic hydroxyl groups is 1. The van der Waals surface area contributed by atoms with Crippen molar-refractivity contribution in [3.63, 3.8) is 0 Å². The Morgan fingerprint density at radius 3 is 2.88 bits per heavy atom. The molecule has 2 aliphatic heterocycles. The number of aliphatic hydroxyl groups excluding tert-OH is 1. The third kappa shape index (κ3) is 3.04. The molecule has 134 valence electrons. The maximum atomic E-state index is 12.3. The minimum atomic E-state index is -0.859. The van der Waals surface area contributed by atoms with Crippen molar-refractivity contribution >= 4 is 11.9 Å². The van der Waals surface area contributed by atoms with E-state index in [-0.39, 0.29) is 37.2 Å². The maximum absolute atomic E-state index is 12.3. The highest BCUT2D eigenvalue weighted by atomic mass is 16.5. The van der Waals surface area contributed by atoms with Crippen molar-refractivity contribution in [3.8, 4) is 0 Å². The van der Waals surface area contributed by atoms with E-state index in [1.54, 1.807) is 4.90 Å². The number of carbonyl (C=O) groups excluding carboxylic acids is 2. The Hall–Kier alpha value is -1.92. The zero-order chi connectivity index (χ0) is 17.4. The lowest BCUT2D eigenvalue weighted by molar-refractivity contribution is -0.129. The van der Waals surface area contributed by atoms with Crippen molar-refractivity contribution < 1.29 is 19.4 Å². The van der Waals surface area contributed by atoms with Crippen LogP contribution in [0.25, 0.3) is 0 Å². The van der Waals surface area contributed by atoms with Crippen LogP contribution in [-0.2, 0) is 16.0 Å². The monoisotopic (exact) mass is 344 g/mol. The van der Waals surface area contributed by atoms with Gasteiger partial charge in [-0.05, 0) is 43.2 Å². The lowest BCUT2D eigenvalue weighted by Gasteiger charge is -2.27. The van der Waals surface area contributed by atoms with E-state index in [4.69, 9.17) is 4.74 Å². The first kappa shape index (κ1) is 16.5. The van der Waals surface area contributed by atoms with Crippen LogP contribution in [0.4, 0.5) is 4.79 Å².